The first-order valence-corrected chi connectivity index (χ1v) is 4.42. The Kier molecular flexibility index (Phi) is 3.57. The zero-order valence-corrected chi connectivity index (χ0v) is 7.32. The standard InChI is InChI=1S/C8H13F3N2/c9-8(10,11)4-2-6-13-7-3-1-5-12-7/h1-6H2,(H,12,13). The normalized spacial score (nSPS) is 17.3. The van der Waals surface area contributed by atoms with Crippen LogP contribution in [0.4, 0.5) is 13.2 Å². The Labute approximate surface area is 75.2 Å². The van der Waals surface area contributed by atoms with Gasteiger partial charge in [0.1, 0.15) is 0 Å². The average molecular weight is 194 g/mol. The van der Waals surface area contributed by atoms with Crippen molar-refractivity contribution in [1.29, 1.82) is 0 Å². The summed E-state index contributed by atoms with van der Waals surface area (Å²) in [4.78, 5) is 4.09. The topological polar surface area (TPSA) is 24.4 Å². The lowest BCUT2D eigenvalue weighted by molar-refractivity contribution is -0.135. The van der Waals surface area contributed by atoms with Crippen molar-refractivity contribution >= 4 is 5.84 Å². The maximum Gasteiger partial charge on any atom is 0.389 e. The van der Waals surface area contributed by atoms with Crippen molar-refractivity contribution in [3.63, 3.8) is 0 Å². The number of nitrogens with zero attached hydrogens (tertiary/aromatic N) is 1. The molecule has 0 unspecified atom stereocenters. The van der Waals surface area contributed by atoms with Crippen LogP contribution in [0.15, 0.2) is 4.99 Å². The van der Waals surface area contributed by atoms with E-state index in [2.05, 4.69) is 10.3 Å². The van der Waals surface area contributed by atoms with E-state index in [1.54, 1.807) is 0 Å². The molecule has 2 nitrogen and oxygen atoms in total. The van der Waals surface area contributed by atoms with Gasteiger partial charge >= 0.3 is 6.18 Å². The molecule has 0 aromatic heterocycles. The van der Waals surface area contributed by atoms with Crippen LogP contribution < -0.4 is 5.32 Å². The second-order valence-corrected chi connectivity index (χ2v) is 3.08. The van der Waals surface area contributed by atoms with Gasteiger partial charge in [-0.15, -0.1) is 0 Å². The fraction of sp³-hybridized carbons (Fsp3) is 0.875. The summed E-state index contributed by atoms with van der Waals surface area (Å²) in [5.74, 6) is 0.863. The molecule has 1 aliphatic rings. The molecule has 0 spiro atoms. The second-order valence-electron chi connectivity index (χ2n) is 3.08. The highest BCUT2D eigenvalue weighted by Crippen LogP contribution is 2.20. The number of alkyl halides is 3. The van der Waals surface area contributed by atoms with Crippen LogP contribution in [0.2, 0.25) is 0 Å². The first-order valence-electron chi connectivity index (χ1n) is 4.42. The van der Waals surface area contributed by atoms with Gasteiger partial charge in [-0.1, -0.05) is 0 Å². The Bertz CT molecular complexity index is 186. The van der Waals surface area contributed by atoms with Crippen LogP contribution in [0.5, 0.6) is 0 Å². The predicted octanol–water partition coefficient (Wildman–Crippen LogP) is 2.11. The van der Waals surface area contributed by atoms with Crippen LogP contribution in [0.25, 0.3) is 0 Å². The molecule has 5 heteroatoms. The monoisotopic (exact) mass is 194 g/mol. The van der Waals surface area contributed by atoms with E-state index in [0.29, 0.717) is 6.54 Å². The zero-order chi connectivity index (χ0) is 9.73. The summed E-state index contributed by atoms with van der Waals surface area (Å²) in [5.41, 5.74) is 0. The largest absolute Gasteiger partial charge is 0.389 e. The van der Waals surface area contributed by atoms with Crippen LogP contribution >= 0.6 is 0 Å². The second kappa shape index (κ2) is 4.48. The smallest absolute Gasteiger partial charge is 0.374 e. The molecule has 0 aromatic rings. The summed E-state index contributed by atoms with van der Waals surface area (Å²) in [6, 6.07) is 0. The van der Waals surface area contributed by atoms with E-state index in [4.69, 9.17) is 0 Å². The number of aliphatic imine (C=N–C) groups is 1. The van der Waals surface area contributed by atoms with Gasteiger partial charge in [-0.2, -0.15) is 13.2 Å². The van der Waals surface area contributed by atoms with Crippen molar-refractivity contribution in [1.82, 2.24) is 5.32 Å². The van der Waals surface area contributed by atoms with Crippen molar-refractivity contribution < 1.29 is 13.2 Å². The highest BCUT2D eigenvalue weighted by atomic mass is 19.4. The van der Waals surface area contributed by atoms with Crippen molar-refractivity contribution in [2.75, 3.05) is 13.1 Å². The van der Waals surface area contributed by atoms with Crippen molar-refractivity contribution in [3.8, 4) is 0 Å². The molecular weight excluding hydrogens is 181 g/mol. The van der Waals surface area contributed by atoms with Gasteiger partial charge in [0.2, 0.25) is 0 Å². The molecule has 0 atom stereocenters. The van der Waals surface area contributed by atoms with E-state index < -0.39 is 12.6 Å². The van der Waals surface area contributed by atoms with Gasteiger partial charge in [-0.25, -0.2) is 0 Å². The summed E-state index contributed by atoms with van der Waals surface area (Å²) in [5, 5.41) is 2.90. The van der Waals surface area contributed by atoms with Crippen LogP contribution in [0.1, 0.15) is 25.7 Å². The SMILES string of the molecule is FC(F)(F)CCCNC1=NCCC1. The Balaban J connectivity index is 2.01. The minimum atomic E-state index is -4.03. The number of halogens is 3. The summed E-state index contributed by atoms with van der Waals surface area (Å²) in [6.07, 6.45) is -2.72. The number of amidine groups is 1. The molecule has 1 aliphatic heterocycles. The lowest BCUT2D eigenvalue weighted by Gasteiger charge is -2.07. The first-order chi connectivity index (χ1) is 6.08. The Morgan fingerprint density at radius 2 is 2.15 bits per heavy atom. The van der Waals surface area contributed by atoms with Crippen molar-refractivity contribution in [3.05, 3.63) is 0 Å². The van der Waals surface area contributed by atoms with Gasteiger partial charge in [0.15, 0.2) is 0 Å². The van der Waals surface area contributed by atoms with Crippen LogP contribution in [-0.4, -0.2) is 25.1 Å². The van der Waals surface area contributed by atoms with Gasteiger partial charge in [-0.3, -0.25) is 4.99 Å². The molecule has 0 saturated heterocycles. The number of nitrogens with one attached hydrogen (secondary N) is 1. The van der Waals surface area contributed by atoms with Gasteiger partial charge < -0.3 is 5.32 Å². The number of rotatable bonds is 3. The molecular formula is C8H13F3N2. The van der Waals surface area contributed by atoms with Crippen LogP contribution in [-0.2, 0) is 0 Å². The Hall–Kier alpha value is -0.740. The lowest BCUT2D eigenvalue weighted by Crippen LogP contribution is -2.23. The van der Waals surface area contributed by atoms with E-state index in [9.17, 15) is 13.2 Å². The van der Waals surface area contributed by atoms with E-state index in [1.165, 1.54) is 0 Å². The number of hydrogen-bond acceptors (Lipinski definition) is 2. The summed E-state index contributed by atoms with van der Waals surface area (Å²) >= 11 is 0. The number of hydrogen-bond donors (Lipinski definition) is 1. The molecule has 13 heavy (non-hydrogen) atoms. The third kappa shape index (κ3) is 4.75. The fourth-order valence-corrected chi connectivity index (χ4v) is 1.21. The van der Waals surface area contributed by atoms with Gasteiger partial charge in [-0.05, 0) is 12.8 Å². The molecule has 76 valence electrons. The molecule has 0 bridgehead atoms. The molecule has 0 fully saturated rings. The summed E-state index contributed by atoms with van der Waals surface area (Å²) < 4.78 is 35.1. The van der Waals surface area contributed by atoms with E-state index in [-0.39, 0.29) is 6.42 Å². The maximum absolute atomic E-state index is 11.7. The zero-order valence-electron chi connectivity index (χ0n) is 7.32. The molecule has 0 aromatic carbocycles. The van der Waals surface area contributed by atoms with Gasteiger partial charge in [0, 0.05) is 25.9 Å². The third-order valence-corrected chi connectivity index (χ3v) is 1.84. The van der Waals surface area contributed by atoms with E-state index in [0.717, 1.165) is 25.2 Å². The van der Waals surface area contributed by atoms with Crippen molar-refractivity contribution in [2.24, 2.45) is 4.99 Å². The fourth-order valence-electron chi connectivity index (χ4n) is 1.21. The summed E-state index contributed by atoms with van der Waals surface area (Å²) in [7, 11) is 0. The molecule has 1 N–H and O–H groups in total. The Morgan fingerprint density at radius 1 is 1.38 bits per heavy atom. The lowest BCUT2D eigenvalue weighted by atomic mass is 10.3. The highest BCUT2D eigenvalue weighted by molar-refractivity contribution is 5.83. The average Bonchev–Trinajstić information content (AvgIpc) is 2.48. The molecule has 0 aliphatic carbocycles. The van der Waals surface area contributed by atoms with Gasteiger partial charge in [0.25, 0.3) is 0 Å². The molecule has 0 saturated carbocycles. The maximum atomic E-state index is 11.7. The first kappa shape index (κ1) is 10.3. The molecule has 1 rings (SSSR count). The van der Waals surface area contributed by atoms with E-state index in [1.807, 2.05) is 0 Å². The van der Waals surface area contributed by atoms with E-state index >= 15 is 0 Å². The minimum Gasteiger partial charge on any atom is -0.374 e. The quantitative estimate of drug-likeness (QED) is 0.684. The highest BCUT2D eigenvalue weighted by Gasteiger charge is 2.25. The van der Waals surface area contributed by atoms with Gasteiger partial charge in [0.05, 0.1) is 5.84 Å². The molecule has 0 amide bonds. The molecule has 0 radical (unpaired) electrons. The summed E-state index contributed by atoms with van der Waals surface area (Å²) in [6.45, 7) is 1.18. The van der Waals surface area contributed by atoms with Crippen LogP contribution in [0.3, 0.4) is 0 Å². The third-order valence-electron chi connectivity index (χ3n) is 1.84. The Morgan fingerprint density at radius 3 is 2.69 bits per heavy atom. The van der Waals surface area contributed by atoms with Crippen LogP contribution in [0, 0.1) is 0 Å². The van der Waals surface area contributed by atoms with Crippen molar-refractivity contribution in [2.45, 2.75) is 31.9 Å². The predicted molar refractivity (Wildman–Crippen MR) is 44.8 cm³/mol. The molecule has 1 heterocycles. The minimum absolute atomic E-state index is 0.127.